The third kappa shape index (κ3) is 1.39. The molecule has 3 heteroatoms. The van der Waals surface area contributed by atoms with Crippen molar-refractivity contribution in [3.63, 3.8) is 0 Å². The van der Waals surface area contributed by atoms with Gasteiger partial charge >= 0.3 is 0 Å². The van der Waals surface area contributed by atoms with Gasteiger partial charge in [-0.2, -0.15) is 0 Å². The molecule has 0 aliphatic carbocycles. The average Bonchev–Trinajstić information content (AvgIpc) is 2.49. The number of halogens is 2. The van der Waals surface area contributed by atoms with Crippen molar-refractivity contribution < 1.29 is 8.78 Å². The summed E-state index contributed by atoms with van der Waals surface area (Å²) >= 11 is 0. The Labute approximate surface area is 75.8 Å². The Hall–Kier alpha value is -1.12. The number of aryl methyl sites for hydroxylation is 1. The van der Waals surface area contributed by atoms with E-state index in [1.54, 1.807) is 0 Å². The Morgan fingerprint density at radius 1 is 1.46 bits per heavy atom. The van der Waals surface area contributed by atoms with E-state index in [0.717, 1.165) is 16.8 Å². The van der Waals surface area contributed by atoms with Gasteiger partial charge < -0.3 is 5.32 Å². The molecule has 1 N–H and O–H groups in total. The molecule has 0 saturated carbocycles. The van der Waals surface area contributed by atoms with Crippen LogP contribution in [0.15, 0.2) is 18.2 Å². The Kier molecular flexibility index (Phi) is 1.94. The van der Waals surface area contributed by atoms with Gasteiger partial charge in [-0.3, -0.25) is 0 Å². The van der Waals surface area contributed by atoms with Crippen LogP contribution in [0.2, 0.25) is 0 Å². The molecule has 2 rings (SSSR count). The quantitative estimate of drug-likeness (QED) is 0.705. The molecule has 1 aliphatic heterocycles. The van der Waals surface area contributed by atoms with Gasteiger partial charge in [-0.1, -0.05) is 18.2 Å². The molecule has 0 fully saturated rings. The molecule has 70 valence electrons. The fourth-order valence-electron chi connectivity index (χ4n) is 1.73. The van der Waals surface area contributed by atoms with Crippen LogP contribution in [-0.2, 0) is 6.42 Å². The van der Waals surface area contributed by atoms with Crippen molar-refractivity contribution in [3.8, 4) is 0 Å². The fourth-order valence-corrected chi connectivity index (χ4v) is 1.73. The third-order valence-electron chi connectivity index (χ3n) is 2.43. The monoisotopic (exact) mass is 183 g/mol. The van der Waals surface area contributed by atoms with Crippen molar-refractivity contribution in [3.05, 3.63) is 29.3 Å². The van der Waals surface area contributed by atoms with Crippen molar-refractivity contribution >= 4 is 5.69 Å². The van der Waals surface area contributed by atoms with Crippen molar-refractivity contribution in [2.24, 2.45) is 0 Å². The first-order valence-corrected chi connectivity index (χ1v) is 4.31. The Balaban J connectivity index is 2.30. The van der Waals surface area contributed by atoms with Crippen LogP contribution in [0.5, 0.6) is 0 Å². The van der Waals surface area contributed by atoms with Crippen molar-refractivity contribution in [2.45, 2.75) is 25.8 Å². The van der Waals surface area contributed by atoms with Crippen LogP contribution in [0.1, 0.15) is 11.1 Å². The minimum Gasteiger partial charge on any atom is -0.376 e. The standard InChI is InChI=1S/C10H11F2N/c1-6-3-2-4-7-5-8(10(11)12)13-9(6)7/h2-4,8,10,13H,5H2,1H3. The normalized spacial score (nSPS) is 20.2. The van der Waals surface area contributed by atoms with E-state index < -0.39 is 12.5 Å². The Bertz CT molecular complexity index is 323. The van der Waals surface area contributed by atoms with Crippen LogP contribution in [-0.4, -0.2) is 12.5 Å². The molecule has 0 bridgehead atoms. The van der Waals surface area contributed by atoms with E-state index in [-0.39, 0.29) is 0 Å². The molecule has 0 amide bonds. The summed E-state index contributed by atoms with van der Waals surface area (Å²) in [5.41, 5.74) is 2.94. The predicted octanol–water partition coefficient (Wildman–Crippen LogP) is 2.60. The zero-order valence-corrected chi connectivity index (χ0v) is 7.35. The highest BCUT2D eigenvalue weighted by molar-refractivity contribution is 5.61. The Morgan fingerprint density at radius 2 is 2.23 bits per heavy atom. The van der Waals surface area contributed by atoms with Gasteiger partial charge in [0.15, 0.2) is 0 Å². The smallest absolute Gasteiger partial charge is 0.258 e. The van der Waals surface area contributed by atoms with Gasteiger partial charge in [-0.25, -0.2) is 8.78 Å². The largest absolute Gasteiger partial charge is 0.376 e. The lowest BCUT2D eigenvalue weighted by atomic mass is 10.1. The number of hydrogen-bond donors (Lipinski definition) is 1. The molecule has 13 heavy (non-hydrogen) atoms. The van der Waals surface area contributed by atoms with E-state index in [9.17, 15) is 8.78 Å². The van der Waals surface area contributed by atoms with Gasteiger partial charge in [0.2, 0.25) is 0 Å². The average molecular weight is 183 g/mol. The molecule has 1 heterocycles. The minimum absolute atomic E-state index is 0.439. The zero-order valence-electron chi connectivity index (χ0n) is 7.35. The summed E-state index contributed by atoms with van der Waals surface area (Å²) in [6, 6.07) is 5.04. The van der Waals surface area contributed by atoms with Crippen molar-refractivity contribution in [1.82, 2.24) is 0 Å². The van der Waals surface area contributed by atoms with Gasteiger partial charge in [0, 0.05) is 12.1 Å². The van der Waals surface area contributed by atoms with Crippen molar-refractivity contribution in [1.29, 1.82) is 0 Å². The zero-order chi connectivity index (χ0) is 9.42. The lowest BCUT2D eigenvalue weighted by Crippen LogP contribution is -2.24. The van der Waals surface area contributed by atoms with Gasteiger partial charge in [-0.15, -0.1) is 0 Å². The fraction of sp³-hybridized carbons (Fsp3) is 0.400. The maximum absolute atomic E-state index is 12.4. The number of para-hydroxylation sites is 1. The van der Waals surface area contributed by atoms with Crippen LogP contribution in [0.25, 0.3) is 0 Å². The predicted molar refractivity (Wildman–Crippen MR) is 48.3 cm³/mol. The maximum atomic E-state index is 12.4. The number of rotatable bonds is 1. The number of anilines is 1. The first-order valence-electron chi connectivity index (χ1n) is 4.31. The van der Waals surface area contributed by atoms with Gasteiger partial charge in [0.1, 0.15) is 0 Å². The second kappa shape index (κ2) is 2.98. The van der Waals surface area contributed by atoms with Gasteiger partial charge in [0.25, 0.3) is 6.43 Å². The van der Waals surface area contributed by atoms with Gasteiger partial charge in [0.05, 0.1) is 6.04 Å². The number of fused-ring (bicyclic) bond motifs is 1. The summed E-state index contributed by atoms with van der Waals surface area (Å²) in [5.74, 6) is 0. The second-order valence-electron chi connectivity index (χ2n) is 3.40. The van der Waals surface area contributed by atoms with Gasteiger partial charge in [-0.05, 0) is 18.1 Å². The summed E-state index contributed by atoms with van der Waals surface area (Å²) in [6.07, 6.45) is -1.85. The molecular formula is C10H11F2N. The van der Waals surface area contributed by atoms with Crippen LogP contribution < -0.4 is 5.32 Å². The molecule has 1 nitrogen and oxygen atoms in total. The second-order valence-corrected chi connectivity index (χ2v) is 3.40. The summed E-state index contributed by atoms with van der Waals surface area (Å²) in [7, 11) is 0. The number of hydrogen-bond acceptors (Lipinski definition) is 1. The topological polar surface area (TPSA) is 12.0 Å². The highest BCUT2D eigenvalue weighted by atomic mass is 19.3. The van der Waals surface area contributed by atoms with Crippen molar-refractivity contribution in [2.75, 3.05) is 5.32 Å². The summed E-state index contributed by atoms with van der Waals surface area (Å²) < 4.78 is 24.7. The molecule has 0 radical (unpaired) electrons. The summed E-state index contributed by atoms with van der Waals surface area (Å²) in [5, 5.41) is 2.85. The number of nitrogens with one attached hydrogen (secondary N) is 1. The van der Waals surface area contributed by atoms with E-state index in [1.165, 1.54) is 0 Å². The third-order valence-corrected chi connectivity index (χ3v) is 2.43. The van der Waals surface area contributed by atoms with Crippen LogP contribution in [0, 0.1) is 6.92 Å². The van der Waals surface area contributed by atoms with E-state index in [4.69, 9.17) is 0 Å². The molecule has 0 saturated heterocycles. The molecule has 1 aromatic carbocycles. The summed E-state index contributed by atoms with van der Waals surface area (Å²) in [4.78, 5) is 0. The molecular weight excluding hydrogens is 172 g/mol. The van der Waals surface area contributed by atoms with E-state index in [1.807, 2.05) is 25.1 Å². The molecule has 0 spiro atoms. The molecule has 1 unspecified atom stereocenters. The molecule has 1 atom stereocenters. The summed E-state index contributed by atoms with van der Waals surface area (Å²) in [6.45, 7) is 1.93. The maximum Gasteiger partial charge on any atom is 0.258 e. The van der Waals surface area contributed by atoms with E-state index in [0.29, 0.717) is 6.42 Å². The highest BCUT2D eigenvalue weighted by Gasteiger charge is 2.28. The minimum atomic E-state index is -2.29. The first-order chi connectivity index (χ1) is 6.18. The van der Waals surface area contributed by atoms with Crippen LogP contribution >= 0.6 is 0 Å². The van der Waals surface area contributed by atoms with E-state index in [2.05, 4.69) is 5.32 Å². The van der Waals surface area contributed by atoms with Crippen LogP contribution in [0.3, 0.4) is 0 Å². The van der Waals surface area contributed by atoms with E-state index >= 15 is 0 Å². The SMILES string of the molecule is Cc1cccc2c1NC(C(F)F)C2. The Morgan fingerprint density at radius 3 is 2.85 bits per heavy atom. The molecule has 1 aromatic rings. The van der Waals surface area contributed by atoms with Crippen LogP contribution in [0.4, 0.5) is 14.5 Å². The number of alkyl halides is 2. The lowest BCUT2D eigenvalue weighted by molar-refractivity contribution is 0.126. The molecule has 0 aromatic heterocycles. The first kappa shape index (κ1) is 8.48. The lowest BCUT2D eigenvalue weighted by Gasteiger charge is -2.09. The number of benzene rings is 1. The molecule has 1 aliphatic rings. The highest BCUT2D eigenvalue weighted by Crippen LogP contribution is 2.30.